The molecule has 1 aromatic carbocycles. The minimum absolute atomic E-state index is 0.0709. The molecule has 0 aliphatic carbocycles. The highest BCUT2D eigenvalue weighted by atomic mass is 16.6. The normalized spacial score (nSPS) is 16.7. The Kier molecular flexibility index (Phi) is 7.70. The molecular formula is C20H27NO4. The van der Waals surface area contributed by atoms with Crippen molar-refractivity contribution in [1.82, 2.24) is 4.57 Å². The third-order valence-electron chi connectivity index (χ3n) is 3.72. The van der Waals surface area contributed by atoms with Gasteiger partial charge in [-0.05, 0) is 18.6 Å². The Labute approximate surface area is 149 Å². The van der Waals surface area contributed by atoms with Crippen LogP contribution in [0.1, 0.15) is 25.0 Å². The van der Waals surface area contributed by atoms with E-state index < -0.39 is 0 Å². The van der Waals surface area contributed by atoms with Crippen molar-refractivity contribution in [1.29, 1.82) is 0 Å². The monoisotopic (exact) mass is 345 g/mol. The quantitative estimate of drug-likeness (QED) is 0.836. The second-order valence-electron chi connectivity index (χ2n) is 5.70. The van der Waals surface area contributed by atoms with Gasteiger partial charge in [-0.3, -0.25) is 4.79 Å². The Balaban J connectivity index is 0.00000109. The lowest BCUT2D eigenvalue weighted by Gasteiger charge is -2.22. The largest absolute Gasteiger partial charge is 0.491 e. The molecule has 1 saturated heterocycles. The summed E-state index contributed by atoms with van der Waals surface area (Å²) in [5, 5.41) is 0. The fourth-order valence-electron chi connectivity index (χ4n) is 2.54. The summed E-state index contributed by atoms with van der Waals surface area (Å²) in [4.78, 5) is 12.2. The molecule has 0 radical (unpaired) electrons. The number of hydrogen-bond donors (Lipinski definition) is 0. The number of aromatic nitrogens is 1. The molecule has 0 amide bonds. The van der Waals surface area contributed by atoms with Crippen LogP contribution in [0.25, 0.3) is 0 Å². The topological polar surface area (TPSA) is 49.7 Å². The third-order valence-corrected chi connectivity index (χ3v) is 3.72. The average Bonchev–Trinajstić information content (AvgIpc) is 2.65. The molecule has 0 bridgehead atoms. The van der Waals surface area contributed by atoms with Gasteiger partial charge in [-0.2, -0.15) is 0 Å². The van der Waals surface area contributed by atoms with Gasteiger partial charge in [-0.1, -0.05) is 43.7 Å². The van der Waals surface area contributed by atoms with Gasteiger partial charge in [0.25, 0.3) is 5.56 Å². The molecule has 0 N–H and O–H groups in total. The summed E-state index contributed by atoms with van der Waals surface area (Å²) in [6.07, 6.45) is 1.69. The Hall–Kier alpha value is -2.11. The average molecular weight is 345 g/mol. The summed E-state index contributed by atoms with van der Waals surface area (Å²) >= 11 is 0. The maximum absolute atomic E-state index is 12.2. The van der Waals surface area contributed by atoms with E-state index >= 15 is 0 Å². The van der Waals surface area contributed by atoms with Crippen LogP contribution in [0.15, 0.2) is 47.4 Å². The zero-order valence-electron chi connectivity index (χ0n) is 15.2. The molecule has 1 aliphatic rings. The molecule has 5 heteroatoms. The lowest BCUT2D eigenvalue weighted by atomic mass is 10.1. The van der Waals surface area contributed by atoms with Crippen molar-refractivity contribution in [3.8, 4) is 5.75 Å². The van der Waals surface area contributed by atoms with Crippen molar-refractivity contribution < 1.29 is 14.2 Å². The Morgan fingerprint density at radius 3 is 2.72 bits per heavy atom. The number of aryl methyl sites for hydroxylation is 1. The molecular weight excluding hydrogens is 318 g/mol. The molecule has 1 aliphatic heterocycles. The first-order valence-electron chi connectivity index (χ1n) is 8.79. The predicted octanol–water partition coefficient (Wildman–Crippen LogP) is 3.03. The maximum Gasteiger partial charge on any atom is 0.254 e. The Morgan fingerprint density at radius 1 is 1.20 bits per heavy atom. The van der Waals surface area contributed by atoms with Gasteiger partial charge < -0.3 is 18.8 Å². The summed E-state index contributed by atoms with van der Waals surface area (Å²) in [5.41, 5.74) is 2.21. The van der Waals surface area contributed by atoms with Crippen LogP contribution in [0.5, 0.6) is 5.75 Å². The second kappa shape index (κ2) is 10.0. The molecule has 3 rings (SSSR count). The number of rotatable bonds is 5. The summed E-state index contributed by atoms with van der Waals surface area (Å²) in [7, 11) is 0. The van der Waals surface area contributed by atoms with Gasteiger partial charge in [-0.15, -0.1) is 0 Å². The van der Waals surface area contributed by atoms with Crippen LogP contribution in [-0.4, -0.2) is 37.1 Å². The van der Waals surface area contributed by atoms with E-state index in [4.69, 9.17) is 14.2 Å². The number of ether oxygens (including phenoxy) is 3. The van der Waals surface area contributed by atoms with Crippen LogP contribution >= 0.6 is 0 Å². The SMILES string of the molecule is CC.Cc1cccc(Cn2ccc(OCC3COCCO3)cc2=O)c1. The first kappa shape index (κ1) is 19.2. The van der Waals surface area contributed by atoms with Crippen LogP contribution < -0.4 is 10.3 Å². The molecule has 0 saturated carbocycles. The highest BCUT2D eigenvalue weighted by molar-refractivity contribution is 5.24. The minimum atomic E-state index is -0.0789. The van der Waals surface area contributed by atoms with Crippen molar-refractivity contribution in [2.45, 2.75) is 33.4 Å². The predicted molar refractivity (Wildman–Crippen MR) is 98.4 cm³/mol. The molecule has 1 aromatic heterocycles. The van der Waals surface area contributed by atoms with Gasteiger partial charge in [0.1, 0.15) is 18.5 Å². The van der Waals surface area contributed by atoms with E-state index in [1.807, 2.05) is 39.0 Å². The standard InChI is InChI=1S/C18H21NO4.C2H6/c1-14-3-2-4-15(9-14)11-19-6-5-16(10-18(19)20)23-13-17-12-21-7-8-22-17;1-2/h2-6,9-10,17H,7-8,11-13H2,1H3;1-2H3. The van der Waals surface area contributed by atoms with Gasteiger partial charge in [0, 0.05) is 12.3 Å². The summed E-state index contributed by atoms with van der Waals surface area (Å²) in [6.45, 7) is 8.74. The van der Waals surface area contributed by atoms with E-state index in [2.05, 4.69) is 6.07 Å². The van der Waals surface area contributed by atoms with E-state index in [0.29, 0.717) is 38.7 Å². The fraction of sp³-hybridized carbons (Fsp3) is 0.450. The van der Waals surface area contributed by atoms with Crippen molar-refractivity contribution in [2.75, 3.05) is 26.4 Å². The van der Waals surface area contributed by atoms with E-state index in [1.165, 1.54) is 11.6 Å². The fourth-order valence-corrected chi connectivity index (χ4v) is 2.54. The molecule has 25 heavy (non-hydrogen) atoms. The number of nitrogens with zero attached hydrogens (tertiary/aromatic N) is 1. The highest BCUT2D eigenvalue weighted by Gasteiger charge is 2.15. The minimum Gasteiger partial charge on any atom is -0.491 e. The molecule has 0 spiro atoms. The second-order valence-corrected chi connectivity index (χ2v) is 5.70. The van der Waals surface area contributed by atoms with Crippen molar-refractivity contribution >= 4 is 0 Å². The van der Waals surface area contributed by atoms with E-state index in [9.17, 15) is 4.79 Å². The van der Waals surface area contributed by atoms with Gasteiger partial charge in [0.05, 0.1) is 26.4 Å². The van der Waals surface area contributed by atoms with Crippen molar-refractivity contribution in [2.24, 2.45) is 0 Å². The van der Waals surface area contributed by atoms with E-state index in [-0.39, 0.29) is 11.7 Å². The van der Waals surface area contributed by atoms with Crippen LogP contribution in [0.3, 0.4) is 0 Å². The third kappa shape index (κ3) is 6.03. The van der Waals surface area contributed by atoms with E-state index in [0.717, 1.165) is 5.56 Å². The van der Waals surface area contributed by atoms with Gasteiger partial charge in [0.2, 0.25) is 0 Å². The molecule has 2 aromatic rings. The first-order chi connectivity index (χ1) is 12.2. The maximum atomic E-state index is 12.2. The van der Waals surface area contributed by atoms with Crippen LogP contribution in [0, 0.1) is 6.92 Å². The summed E-state index contributed by atoms with van der Waals surface area (Å²) in [6, 6.07) is 11.5. The van der Waals surface area contributed by atoms with Crippen molar-refractivity contribution in [3.63, 3.8) is 0 Å². The van der Waals surface area contributed by atoms with Gasteiger partial charge >= 0.3 is 0 Å². The molecule has 2 heterocycles. The van der Waals surface area contributed by atoms with E-state index in [1.54, 1.807) is 16.8 Å². The van der Waals surface area contributed by atoms with Crippen molar-refractivity contribution in [3.05, 3.63) is 64.1 Å². The van der Waals surface area contributed by atoms with Gasteiger partial charge in [0.15, 0.2) is 0 Å². The Morgan fingerprint density at radius 2 is 2.04 bits per heavy atom. The number of pyridine rings is 1. The van der Waals surface area contributed by atoms with Crippen LogP contribution in [0.4, 0.5) is 0 Å². The smallest absolute Gasteiger partial charge is 0.254 e. The first-order valence-corrected chi connectivity index (χ1v) is 8.79. The molecule has 1 fully saturated rings. The number of benzene rings is 1. The summed E-state index contributed by atoms with van der Waals surface area (Å²) < 4.78 is 18.1. The molecule has 1 unspecified atom stereocenters. The zero-order chi connectivity index (χ0) is 18.1. The molecule has 5 nitrogen and oxygen atoms in total. The number of hydrogen-bond acceptors (Lipinski definition) is 4. The van der Waals surface area contributed by atoms with Gasteiger partial charge in [-0.25, -0.2) is 0 Å². The lowest BCUT2D eigenvalue weighted by molar-refractivity contribution is -0.101. The van der Waals surface area contributed by atoms with Crippen LogP contribution in [0.2, 0.25) is 0 Å². The van der Waals surface area contributed by atoms with Crippen LogP contribution in [-0.2, 0) is 16.0 Å². The lowest BCUT2D eigenvalue weighted by Crippen LogP contribution is -2.33. The zero-order valence-corrected chi connectivity index (χ0v) is 15.2. The molecule has 1 atom stereocenters. The Bertz CT molecular complexity index is 705. The molecule has 136 valence electrons. The summed E-state index contributed by atoms with van der Waals surface area (Å²) in [5.74, 6) is 0.560. The highest BCUT2D eigenvalue weighted by Crippen LogP contribution is 2.10.